The van der Waals surface area contributed by atoms with Crippen molar-refractivity contribution in [2.24, 2.45) is 0 Å². The Morgan fingerprint density at radius 2 is 2.08 bits per heavy atom. The monoisotopic (exact) mass is 342 g/mol. The van der Waals surface area contributed by atoms with Crippen molar-refractivity contribution in [3.63, 3.8) is 0 Å². The number of likely N-dealkylation sites (tertiary alicyclic amines) is 1. The smallest absolute Gasteiger partial charge is 0.290 e. The first-order valence-corrected chi connectivity index (χ1v) is 8.90. The van der Waals surface area contributed by atoms with Gasteiger partial charge in [0, 0.05) is 32.4 Å². The number of fused-ring (bicyclic) bond motifs is 1. The number of ether oxygens (including phenoxy) is 1. The van der Waals surface area contributed by atoms with Gasteiger partial charge in [0.2, 0.25) is 5.82 Å². The summed E-state index contributed by atoms with van der Waals surface area (Å²) >= 11 is 0. The lowest BCUT2D eigenvalue weighted by atomic mass is 10.2. The number of aromatic nitrogens is 2. The molecule has 7 heteroatoms. The topological polar surface area (TPSA) is 75.9 Å². The van der Waals surface area contributed by atoms with Crippen molar-refractivity contribution in [2.45, 2.75) is 31.8 Å². The van der Waals surface area contributed by atoms with Gasteiger partial charge in [-0.15, -0.1) is 0 Å². The summed E-state index contributed by atoms with van der Waals surface area (Å²) in [5.41, 5.74) is 0.941. The molecule has 2 saturated heterocycles. The molecule has 1 atom stereocenters. The molecule has 2 aromatic rings. The molecule has 0 spiro atoms. The molecule has 2 amide bonds. The summed E-state index contributed by atoms with van der Waals surface area (Å²) in [6, 6.07) is 5.50. The first kappa shape index (κ1) is 16.1. The van der Waals surface area contributed by atoms with Gasteiger partial charge in [0.1, 0.15) is 0 Å². The van der Waals surface area contributed by atoms with Crippen molar-refractivity contribution in [2.75, 3.05) is 26.2 Å². The normalized spacial score (nSPS) is 20.3. The van der Waals surface area contributed by atoms with E-state index in [1.54, 1.807) is 15.5 Å². The van der Waals surface area contributed by atoms with E-state index in [9.17, 15) is 9.59 Å². The van der Waals surface area contributed by atoms with Crippen molar-refractivity contribution >= 4 is 17.3 Å². The molecule has 2 aliphatic heterocycles. The van der Waals surface area contributed by atoms with Crippen LogP contribution in [0.2, 0.25) is 0 Å². The zero-order valence-electron chi connectivity index (χ0n) is 14.1. The highest BCUT2D eigenvalue weighted by atomic mass is 16.5. The Morgan fingerprint density at radius 3 is 2.84 bits per heavy atom. The molecule has 1 unspecified atom stereocenters. The molecule has 2 aromatic heterocycles. The average molecular weight is 342 g/mol. The number of imidazole rings is 1. The fraction of sp³-hybridized carbons (Fsp3) is 0.500. The van der Waals surface area contributed by atoms with Crippen molar-refractivity contribution < 1.29 is 14.3 Å². The quantitative estimate of drug-likeness (QED) is 0.913. The molecular formula is C18H22N4O3. The largest absolute Gasteiger partial charge is 0.376 e. The molecular weight excluding hydrogens is 320 g/mol. The van der Waals surface area contributed by atoms with Crippen LogP contribution in [0, 0.1) is 0 Å². The number of carbonyl (C=O) groups is 2. The van der Waals surface area contributed by atoms with Gasteiger partial charge >= 0.3 is 0 Å². The minimum atomic E-state index is -0.264. The Balaban J connectivity index is 1.60. The summed E-state index contributed by atoms with van der Waals surface area (Å²) in [5.74, 6) is -0.0729. The Kier molecular flexibility index (Phi) is 4.40. The standard InChI is InChI=1S/C18H22N4O3/c23-17(19-12-13-6-5-11-25-13)15-14-7-1-2-10-22(14)16(20-15)18(24)21-8-3-4-9-21/h1-2,7,10,13H,3-6,8-9,11-12H2,(H,19,23). The molecule has 2 fully saturated rings. The van der Waals surface area contributed by atoms with E-state index in [2.05, 4.69) is 10.3 Å². The Hall–Kier alpha value is -2.41. The summed E-state index contributed by atoms with van der Waals surface area (Å²) in [6.07, 6.45) is 5.88. The molecule has 0 aliphatic carbocycles. The zero-order valence-corrected chi connectivity index (χ0v) is 14.1. The van der Waals surface area contributed by atoms with Gasteiger partial charge in [-0.1, -0.05) is 6.07 Å². The van der Waals surface area contributed by atoms with E-state index >= 15 is 0 Å². The van der Waals surface area contributed by atoms with E-state index < -0.39 is 0 Å². The lowest BCUT2D eigenvalue weighted by Crippen LogP contribution is -2.32. The third kappa shape index (κ3) is 3.11. The number of amides is 2. The highest BCUT2D eigenvalue weighted by Gasteiger charge is 2.27. The number of hydrogen-bond donors (Lipinski definition) is 1. The van der Waals surface area contributed by atoms with E-state index in [-0.39, 0.29) is 17.9 Å². The summed E-state index contributed by atoms with van der Waals surface area (Å²) in [4.78, 5) is 31.6. The predicted molar refractivity (Wildman–Crippen MR) is 91.6 cm³/mol. The number of carbonyl (C=O) groups excluding carboxylic acids is 2. The van der Waals surface area contributed by atoms with Crippen molar-refractivity contribution in [1.82, 2.24) is 19.6 Å². The molecule has 4 rings (SSSR count). The van der Waals surface area contributed by atoms with Gasteiger partial charge in [-0.05, 0) is 37.8 Å². The van der Waals surface area contributed by atoms with Crippen LogP contribution in [0.25, 0.3) is 5.52 Å². The van der Waals surface area contributed by atoms with Gasteiger partial charge in [0.15, 0.2) is 5.69 Å². The third-order valence-corrected chi connectivity index (χ3v) is 4.86. The van der Waals surface area contributed by atoms with Crippen molar-refractivity contribution in [3.8, 4) is 0 Å². The minimum absolute atomic E-state index is 0.0727. The van der Waals surface area contributed by atoms with Crippen LogP contribution in [0.3, 0.4) is 0 Å². The van der Waals surface area contributed by atoms with Crippen LogP contribution in [0.4, 0.5) is 0 Å². The number of rotatable bonds is 4. The molecule has 2 aliphatic rings. The van der Waals surface area contributed by atoms with E-state index in [1.807, 2.05) is 18.2 Å². The fourth-order valence-corrected chi connectivity index (χ4v) is 3.51. The van der Waals surface area contributed by atoms with E-state index in [1.165, 1.54) is 0 Å². The molecule has 0 radical (unpaired) electrons. The molecule has 4 heterocycles. The number of nitrogens with one attached hydrogen (secondary N) is 1. The van der Waals surface area contributed by atoms with Gasteiger partial charge in [0.25, 0.3) is 11.8 Å². The van der Waals surface area contributed by atoms with Crippen molar-refractivity contribution in [3.05, 3.63) is 35.9 Å². The Morgan fingerprint density at radius 1 is 1.24 bits per heavy atom. The lowest BCUT2D eigenvalue weighted by Gasteiger charge is -2.13. The van der Waals surface area contributed by atoms with Crippen LogP contribution in [0.5, 0.6) is 0 Å². The van der Waals surface area contributed by atoms with Crippen LogP contribution in [-0.4, -0.2) is 58.4 Å². The maximum atomic E-state index is 12.8. The van der Waals surface area contributed by atoms with Crippen LogP contribution in [0.1, 0.15) is 46.8 Å². The first-order chi connectivity index (χ1) is 12.2. The molecule has 1 N–H and O–H groups in total. The maximum absolute atomic E-state index is 12.8. The zero-order chi connectivity index (χ0) is 17.2. The summed E-state index contributed by atoms with van der Waals surface area (Å²) < 4.78 is 7.25. The van der Waals surface area contributed by atoms with Crippen LogP contribution in [-0.2, 0) is 4.74 Å². The van der Waals surface area contributed by atoms with Crippen LogP contribution in [0.15, 0.2) is 24.4 Å². The SMILES string of the molecule is O=C(NCC1CCCO1)c1nc(C(=O)N2CCCC2)n2ccccc12. The maximum Gasteiger partial charge on any atom is 0.290 e. The average Bonchev–Trinajstić information content (AvgIpc) is 3.39. The highest BCUT2D eigenvalue weighted by molar-refractivity contribution is 6.02. The summed E-state index contributed by atoms with van der Waals surface area (Å²) in [5, 5.41) is 2.89. The van der Waals surface area contributed by atoms with Crippen LogP contribution >= 0.6 is 0 Å². The van der Waals surface area contributed by atoms with E-state index in [0.29, 0.717) is 23.6 Å². The second-order valence-corrected chi connectivity index (χ2v) is 6.58. The first-order valence-electron chi connectivity index (χ1n) is 8.90. The van der Waals surface area contributed by atoms with Gasteiger partial charge in [0.05, 0.1) is 11.6 Å². The molecule has 7 nitrogen and oxygen atoms in total. The Labute approximate surface area is 146 Å². The van der Waals surface area contributed by atoms with E-state index in [4.69, 9.17) is 4.74 Å². The summed E-state index contributed by atoms with van der Waals surface area (Å²) in [6.45, 7) is 2.73. The lowest BCUT2D eigenvalue weighted by molar-refractivity contribution is 0.0780. The summed E-state index contributed by atoms with van der Waals surface area (Å²) in [7, 11) is 0. The van der Waals surface area contributed by atoms with Gasteiger partial charge in [-0.25, -0.2) is 4.98 Å². The Bertz CT molecular complexity index is 789. The van der Waals surface area contributed by atoms with E-state index in [0.717, 1.165) is 45.4 Å². The highest BCUT2D eigenvalue weighted by Crippen LogP contribution is 2.18. The number of hydrogen-bond acceptors (Lipinski definition) is 4. The number of pyridine rings is 1. The minimum Gasteiger partial charge on any atom is -0.376 e. The third-order valence-electron chi connectivity index (χ3n) is 4.86. The molecule has 25 heavy (non-hydrogen) atoms. The van der Waals surface area contributed by atoms with Crippen molar-refractivity contribution in [1.29, 1.82) is 0 Å². The van der Waals surface area contributed by atoms with Gasteiger partial charge < -0.3 is 15.0 Å². The molecule has 0 bridgehead atoms. The van der Waals surface area contributed by atoms with Crippen LogP contribution < -0.4 is 5.32 Å². The fourth-order valence-electron chi connectivity index (χ4n) is 3.51. The van der Waals surface area contributed by atoms with Gasteiger partial charge in [-0.2, -0.15) is 0 Å². The van der Waals surface area contributed by atoms with Gasteiger partial charge in [-0.3, -0.25) is 14.0 Å². The molecule has 0 saturated carbocycles. The second kappa shape index (κ2) is 6.84. The molecule has 0 aromatic carbocycles. The second-order valence-electron chi connectivity index (χ2n) is 6.58. The molecule has 132 valence electrons. The number of nitrogens with zero attached hydrogens (tertiary/aromatic N) is 3. The predicted octanol–water partition coefficient (Wildman–Crippen LogP) is 1.48.